The maximum atomic E-state index is 2.43. The molecule has 0 unspecified atom stereocenters. The van der Waals surface area contributed by atoms with Gasteiger partial charge in [0.05, 0.1) is 0 Å². The van der Waals surface area contributed by atoms with Gasteiger partial charge in [0.15, 0.2) is 0 Å². The molecule has 1 aromatic carbocycles. The molecule has 0 amide bonds. The Kier molecular flexibility index (Phi) is 3.33. The Bertz CT molecular complexity index is 561. The van der Waals surface area contributed by atoms with Crippen molar-refractivity contribution < 1.29 is 0 Å². The smallest absolute Gasteiger partial charge is 0.0348 e. The van der Waals surface area contributed by atoms with Crippen LogP contribution in [0.3, 0.4) is 0 Å². The molecule has 1 heterocycles. The lowest BCUT2D eigenvalue weighted by molar-refractivity contribution is 0.779. The first-order chi connectivity index (χ1) is 8.88. The van der Waals surface area contributed by atoms with Gasteiger partial charge in [0, 0.05) is 4.88 Å². The van der Waals surface area contributed by atoms with Gasteiger partial charge < -0.3 is 0 Å². The van der Waals surface area contributed by atoms with Gasteiger partial charge in [-0.25, -0.2) is 0 Å². The summed E-state index contributed by atoms with van der Waals surface area (Å²) in [6.07, 6.45) is 7.45. The van der Waals surface area contributed by atoms with Crippen LogP contribution in [-0.2, 0) is 6.42 Å². The second kappa shape index (κ2) is 5.11. The first kappa shape index (κ1) is 11.7. The Morgan fingerprint density at radius 2 is 2.11 bits per heavy atom. The zero-order chi connectivity index (χ0) is 12.4. The minimum atomic E-state index is 1.16. The zero-order valence-electron chi connectivity index (χ0n) is 10.8. The van der Waals surface area contributed by atoms with Crippen molar-refractivity contribution in [3.05, 3.63) is 52.4 Å². The minimum Gasteiger partial charge on any atom is -0.144 e. The number of fused-ring (bicyclic) bond motifs is 1. The Labute approximate surface area is 113 Å². The van der Waals surface area contributed by atoms with Gasteiger partial charge in [-0.3, -0.25) is 0 Å². The SMILES string of the molecule is CCCCC1=Cc2c(cccc2-c2cccs2)C1. The third-order valence-electron chi connectivity index (χ3n) is 3.60. The molecule has 0 aliphatic heterocycles. The number of hydrogen-bond acceptors (Lipinski definition) is 1. The summed E-state index contributed by atoms with van der Waals surface area (Å²) in [4.78, 5) is 1.39. The molecule has 0 saturated carbocycles. The molecule has 0 atom stereocenters. The highest BCUT2D eigenvalue weighted by Crippen LogP contribution is 2.36. The van der Waals surface area contributed by atoms with Crippen molar-refractivity contribution in [1.82, 2.24) is 0 Å². The lowest BCUT2D eigenvalue weighted by Crippen LogP contribution is -1.86. The fourth-order valence-electron chi connectivity index (χ4n) is 2.65. The minimum absolute atomic E-state index is 1.16. The summed E-state index contributed by atoms with van der Waals surface area (Å²) in [5.41, 5.74) is 5.99. The molecule has 1 heteroatoms. The number of thiophene rings is 1. The van der Waals surface area contributed by atoms with E-state index in [9.17, 15) is 0 Å². The summed E-state index contributed by atoms with van der Waals surface area (Å²) < 4.78 is 0. The maximum Gasteiger partial charge on any atom is 0.0348 e. The highest BCUT2D eigenvalue weighted by atomic mass is 32.1. The molecule has 0 saturated heterocycles. The van der Waals surface area contributed by atoms with Crippen molar-refractivity contribution in [2.24, 2.45) is 0 Å². The predicted molar refractivity (Wildman–Crippen MR) is 81.0 cm³/mol. The lowest BCUT2D eigenvalue weighted by atomic mass is 10.0. The average Bonchev–Trinajstić information content (AvgIpc) is 3.04. The summed E-state index contributed by atoms with van der Waals surface area (Å²) in [6.45, 7) is 2.26. The molecule has 18 heavy (non-hydrogen) atoms. The second-order valence-electron chi connectivity index (χ2n) is 4.94. The number of unbranched alkanes of at least 4 members (excludes halogenated alkanes) is 1. The van der Waals surface area contributed by atoms with E-state index in [0.717, 1.165) is 6.42 Å². The van der Waals surface area contributed by atoms with E-state index in [4.69, 9.17) is 0 Å². The van der Waals surface area contributed by atoms with Crippen LogP contribution in [0.25, 0.3) is 16.5 Å². The number of hydrogen-bond donors (Lipinski definition) is 0. The zero-order valence-corrected chi connectivity index (χ0v) is 11.6. The van der Waals surface area contributed by atoms with Gasteiger partial charge >= 0.3 is 0 Å². The first-order valence-corrected chi connectivity index (χ1v) is 7.61. The quantitative estimate of drug-likeness (QED) is 0.671. The Balaban J connectivity index is 1.96. The van der Waals surface area contributed by atoms with Crippen LogP contribution in [0, 0.1) is 0 Å². The van der Waals surface area contributed by atoms with Crippen LogP contribution in [0.5, 0.6) is 0 Å². The Hall–Kier alpha value is -1.34. The monoisotopic (exact) mass is 254 g/mol. The standard InChI is InChI=1S/C17H18S/c1-2-3-6-13-11-14-7-4-8-15(16(14)12-13)17-9-5-10-18-17/h4-5,7-10,12H,2-3,6,11H2,1H3. The van der Waals surface area contributed by atoms with Crippen LogP contribution in [-0.4, -0.2) is 0 Å². The van der Waals surface area contributed by atoms with Crippen LogP contribution in [0.15, 0.2) is 41.3 Å². The van der Waals surface area contributed by atoms with E-state index in [-0.39, 0.29) is 0 Å². The van der Waals surface area contributed by atoms with Crippen molar-refractivity contribution >= 4 is 17.4 Å². The van der Waals surface area contributed by atoms with Crippen LogP contribution in [0.4, 0.5) is 0 Å². The molecule has 92 valence electrons. The highest BCUT2D eigenvalue weighted by Gasteiger charge is 2.16. The summed E-state index contributed by atoms with van der Waals surface area (Å²) >= 11 is 1.83. The van der Waals surface area contributed by atoms with Crippen molar-refractivity contribution in [2.45, 2.75) is 32.6 Å². The lowest BCUT2D eigenvalue weighted by Gasteiger charge is -2.04. The molecular weight excluding hydrogens is 236 g/mol. The van der Waals surface area contributed by atoms with E-state index < -0.39 is 0 Å². The van der Waals surface area contributed by atoms with Gasteiger partial charge in [0.25, 0.3) is 0 Å². The van der Waals surface area contributed by atoms with E-state index in [1.807, 2.05) is 11.3 Å². The fourth-order valence-corrected chi connectivity index (χ4v) is 3.41. The summed E-state index contributed by atoms with van der Waals surface area (Å²) in [5, 5.41) is 2.16. The molecule has 0 nitrogen and oxygen atoms in total. The summed E-state index contributed by atoms with van der Waals surface area (Å²) in [6, 6.07) is 11.1. The maximum absolute atomic E-state index is 2.43. The number of rotatable bonds is 4. The average molecular weight is 254 g/mol. The molecule has 0 N–H and O–H groups in total. The van der Waals surface area contributed by atoms with Gasteiger partial charge in [0.2, 0.25) is 0 Å². The van der Waals surface area contributed by atoms with Gasteiger partial charge in [-0.2, -0.15) is 0 Å². The second-order valence-corrected chi connectivity index (χ2v) is 5.89. The molecule has 2 aromatic rings. The highest BCUT2D eigenvalue weighted by molar-refractivity contribution is 7.13. The van der Waals surface area contributed by atoms with Gasteiger partial charge in [0.1, 0.15) is 0 Å². The van der Waals surface area contributed by atoms with Gasteiger partial charge in [-0.05, 0) is 47.4 Å². The predicted octanol–water partition coefficient (Wildman–Crippen LogP) is 5.54. The molecular formula is C17H18S. The summed E-state index contributed by atoms with van der Waals surface area (Å²) in [7, 11) is 0. The van der Waals surface area contributed by atoms with Gasteiger partial charge in [-0.1, -0.05) is 49.3 Å². The van der Waals surface area contributed by atoms with Crippen molar-refractivity contribution in [3.8, 4) is 10.4 Å². The summed E-state index contributed by atoms with van der Waals surface area (Å²) in [5.74, 6) is 0. The third-order valence-corrected chi connectivity index (χ3v) is 4.50. The Morgan fingerprint density at radius 1 is 1.17 bits per heavy atom. The van der Waals surface area contributed by atoms with Crippen LogP contribution in [0.2, 0.25) is 0 Å². The topological polar surface area (TPSA) is 0 Å². The van der Waals surface area contributed by atoms with Crippen LogP contribution in [0.1, 0.15) is 37.3 Å². The van der Waals surface area contributed by atoms with E-state index in [1.54, 1.807) is 5.57 Å². The van der Waals surface area contributed by atoms with E-state index in [1.165, 1.54) is 40.8 Å². The van der Waals surface area contributed by atoms with Crippen molar-refractivity contribution in [1.29, 1.82) is 0 Å². The number of allylic oxidation sites excluding steroid dienone is 1. The molecule has 1 aliphatic rings. The molecule has 0 fully saturated rings. The van der Waals surface area contributed by atoms with E-state index >= 15 is 0 Å². The molecule has 1 aromatic heterocycles. The molecule has 0 radical (unpaired) electrons. The van der Waals surface area contributed by atoms with Crippen molar-refractivity contribution in [2.75, 3.05) is 0 Å². The largest absolute Gasteiger partial charge is 0.144 e. The van der Waals surface area contributed by atoms with E-state index in [2.05, 4.69) is 48.7 Å². The van der Waals surface area contributed by atoms with Crippen LogP contribution < -0.4 is 0 Å². The first-order valence-electron chi connectivity index (χ1n) is 6.73. The third kappa shape index (κ3) is 2.15. The molecule has 1 aliphatic carbocycles. The normalized spacial score (nSPS) is 13.5. The van der Waals surface area contributed by atoms with Crippen LogP contribution >= 0.6 is 11.3 Å². The van der Waals surface area contributed by atoms with Crippen molar-refractivity contribution in [3.63, 3.8) is 0 Å². The molecule has 0 bridgehead atoms. The number of benzene rings is 1. The molecule has 0 spiro atoms. The van der Waals surface area contributed by atoms with Gasteiger partial charge in [-0.15, -0.1) is 11.3 Å². The molecule has 3 rings (SSSR count). The van der Waals surface area contributed by atoms with E-state index in [0.29, 0.717) is 0 Å². The fraction of sp³-hybridized carbons (Fsp3) is 0.294. The Morgan fingerprint density at radius 3 is 2.89 bits per heavy atom.